The van der Waals surface area contributed by atoms with Crippen LogP contribution in [0.4, 0.5) is 9.93 Å². The molecule has 2 atom stereocenters. The molecule has 30 heavy (non-hydrogen) atoms. The van der Waals surface area contributed by atoms with Gasteiger partial charge >= 0.3 is 6.09 Å². The number of likely N-dealkylation sites (tertiary alicyclic amines) is 1. The lowest BCUT2D eigenvalue weighted by Gasteiger charge is -2.22. The summed E-state index contributed by atoms with van der Waals surface area (Å²) in [5.74, 6) is -0.0321. The van der Waals surface area contributed by atoms with Gasteiger partial charge in [0.05, 0.1) is 18.3 Å². The summed E-state index contributed by atoms with van der Waals surface area (Å²) in [7, 11) is 0. The van der Waals surface area contributed by atoms with Gasteiger partial charge in [-0.2, -0.15) is 0 Å². The monoisotopic (exact) mass is 487 g/mol. The Morgan fingerprint density at radius 2 is 1.90 bits per heavy atom. The molecule has 9 heteroatoms. The van der Waals surface area contributed by atoms with E-state index >= 15 is 0 Å². The van der Waals surface area contributed by atoms with E-state index in [2.05, 4.69) is 26.2 Å². The molecule has 0 unspecified atom stereocenters. The Morgan fingerprint density at radius 3 is 2.63 bits per heavy atom. The first-order valence-electron chi connectivity index (χ1n) is 9.23. The smallest absolute Gasteiger partial charge is 0.410 e. The van der Waals surface area contributed by atoms with E-state index in [0.717, 1.165) is 15.7 Å². The van der Waals surface area contributed by atoms with E-state index in [9.17, 15) is 14.7 Å². The van der Waals surface area contributed by atoms with E-state index in [-0.39, 0.29) is 13.0 Å². The molecule has 0 aliphatic carbocycles. The number of thiazole rings is 1. The van der Waals surface area contributed by atoms with Crippen molar-refractivity contribution in [1.29, 1.82) is 0 Å². The van der Waals surface area contributed by atoms with Gasteiger partial charge < -0.3 is 15.2 Å². The van der Waals surface area contributed by atoms with Crippen molar-refractivity contribution in [3.05, 3.63) is 64.5 Å². The molecule has 0 bridgehead atoms. The predicted octanol–water partition coefficient (Wildman–Crippen LogP) is 4.15. The maximum Gasteiger partial charge on any atom is 0.416 e. The van der Waals surface area contributed by atoms with Gasteiger partial charge in [-0.05, 0) is 24.3 Å². The number of nitrogens with zero attached hydrogens (tertiary/aromatic N) is 2. The summed E-state index contributed by atoms with van der Waals surface area (Å²) >= 11 is 4.70. The lowest BCUT2D eigenvalue weighted by molar-refractivity contribution is -0.119. The highest BCUT2D eigenvalue weighted by Gasteiger charge is 2.40. The third-order valence-electron chi connectivity index (χ3n) is 4.64. The van der Waals surface area contributed by atoms with E-state index in [1.165, 1.54) is 16.2 Å². The number of ether oxygens (including phenoxy) is 1. The van der Waals surface area contributed by atoms with Crippen molar-refractivity contribution >= 4 is 44.4 Å². The number of anilines is 1. The molecule has 2 amide bonds. The van der Waals surface area contributed by atoms with Gasteiger partial charge in [-0.1, -0.05) is 46.3 Å². The lowest BCUT2D eigenvalue weighted by atomic mass is 10.2. The highest BCUT2D eigenvalue weighted by Crippen LogP contribution is 2.27. The standard InChI is InChI=1S/C21H18BrN3O4S/c22-14-8-6-13(7-9-14)17-12-30-20(23-17)24-19(27)18-10-15(26)11-25(18)21(28)29-16-4-2-1-3-5-16/h1-9,12,15,18,26H,10-11H2,(H,23,24,27)/t15-,18+/m1/s1. The number of rotatable bonds is 4. The van der Waals surface area contributed by atoms with Crippen LogP contribution in [-0.4, -0.2) is 45.7 Å². The van der Waals surface area contributed by atoms with Gasteiger partial charge in [0.1, 0.15) is 11.8 Å². The molecule has 3 aromatic rings. The summed E-state index contributed by atoms with van der Waals surface area (Å²) in [5, 5.41) is 15.1. The Balaban J connectivity index is 1.44. The summed E-state index contributed by atoms with van der Waals surface area (Å²) in [6.07, 6.45) is -1.33. The first-order chi connectivity index (χ1) is 14.5. The summed E-state index contributed by atoms with van der Waals surface area (Å²) in [6, 6.07) is 15.5. The van der Waals surface area contributed by atoms with Crippen LogP contribution in [0, 0.1) is 0 Å². The Kier molecular flexibility index (Phi) is 6.12. The van der Waals surface area contributed by atoms with E-state index in [1.807, 2.05) is 35.7 Å². The van der Waals surface area contributed by atoms with E-state index in [1.54, 1.807) is 24.3 Å². The Bertz CT molecular complexity index is 1040. The fourth-order valence-electron chi connectivity index (χ4n) is 3.19. The predicted molar refractivity (Wildman–Crippen MR) is 117 cm³/mol. The quantitative estimate of drug-likeness (QED) is 0.576. The van der Waals surface area contributed by atoms with E-state index in [0.29, 0.717) is 10.9 Å². The second-order valence-corrected chi connectivity index (χ2v) is 8.55. The van der Waals surface area contributed by atoms with Gasteiger partial charge in [-0.15, -0.1) is 11.3 Å². The van der Waals surface area contributed by atoms with Crippen molar-refractivity contribution in [2.75, 3.05) is 11.9 Å². The van der Waals surface area contributed by atoms with Crippen molar-refractivity contribution in [3.63, 3.8) is 0 Å². The number of carbonyl (C=O) groups is 2. The molecule has 2 aromatic carbocycles. The number of benzene rings is 2. The molecule has 4 rings (SSSR count). The molecule has 1 fully saturated rings. The molecule has 2 N–H and O–H groups in total. The van der Waals surface area contributed by atoms with Gasteiger partial charge in [0.2, 0.25) is 5.91 Å². The largest absolute Gasteiger partial charge is 0.416 e. The fraction of sp³-hybridized carbons (Fsp3) is 0.190. The van der Waals surface area contributed by atoms with Crippen molar-refractivity contribution in [2.24, 2.45) is 0 Å². The number of β-amino-alcohol motifs (C(OH)–C–C–N with tert-alkyl or cyclic N) is 1. The van der Waals surface area contributed by atoms with E-state index in [4.69, 9.17) is 4.74 Å². The summed E-state index contributed by atoms with van der Waals surface area (Å²) in [5.41, 5.74) is 1.67. The number of nitrogens with one attached hydrogen (secondary N) is 1. The molecule has 2 heterocycles. The molecule has 7 nitrogen and oxygen atoms in total. The molecule has 0 spiro atoms. The van der Waals surface area contributed by atoms with Crippen LogP contribution in [0.15, 0.2) is 64.5 Å². The van der Waals surface area contributed by atoms with Gasteiger partial charge in [0, 0.05) is 21.8 Å². The summed E-state index contributed by atoms with van der Waals surface area (Å²) < 4.78 is 6.30. The molecule has 1 aliphatic heterocycles. The van der Waals surface area contributed by atoms with Crippen LogP contribution in [0.2, 0.25) is 0 Å². The minimum absolute atomic E-state index is 0.0335. The number of para-hydroxylation sites is 1. The number of halogens is 1. The van der Waals surface area contributed by atoms with Crippen LogP contribution >= 0.6 is 27.3 Å². The minimum Gasteiger partial charge on any atom is -0.410 e. The van der Waals surface area contributed by atoms with Crippen LogP contribution in [0.25, 0.3) is 11.3 Å². The Labute approximate surface area is 185 Å². The van der Waals surface area contributed by atoms with Gasteiger partial charge in [-0.25, -0.2) is 9.78 Å². The second kappa shape index (κ2) is 8.95. The average molecular weight is 488 g/mol. The van der Waals surface area contributed by atoms with Crippen LogP contribution < -0.4 is 10.1 Å². The number of amides is 2. The molecule has 1 saturated heterocycles. The van der Waals surface area contributed by atoms with Crippen molar-refractivity contribution in [1.82, 2.24) is 9.88 Å². The molecule has 1 aliphatic rings. The van der Waals surface area contributed by atoms with Crippen molar-refractivity contribution in [2.45, 2.75) is 18.6 Å². The lowest BCUT2D eigenvalue weighted by Crippen LogP contribution is -2.44. The maximum absolute atomic E-state index is 12.8. The summed E-state index contributed by atoms with van der Waals surface area (Å²) in [4.78, 5) is 31.0. The number of carbonyl (C=O) groups excluding carboxylic acids is 2. The van der Waals surface area contributed by atoms with Gasteiger partial charge in [-0.3, -0.25) is 9.69 Å². The topological polar surface area (TPSA) is 91.8 Å². The number of aliphatic hydroxyl groups is 1. The van der Waals surface area contributed by atoms with E-state index < -0.39 is 24.1 Å². The molecule has 1 aromatic heterocycles. The average Bonchev–Trinajstić information content (AvgIpc) is 3.36. The van der Waals surface area contributed by atoms with Crippen molar-refractivity contribution < 1.29 is 19.4 Å². The second-order valence-electron chi connectivity index (χ2n) is 6.77. The first-order valence-corrected chi connectivity index (χ1v) is 10.9. The fourth-order valence-corrected chi connectivity index (χ4v) is 4.17. The molecule has 0 saturated carbocycles. The van der Waals surface area contributed by atoms with Crippen LogP contribution in [0.3, 0.4) is 0 Å². The molecular formula is C21H18BrN3O4S. The highest BCUT2D eigenvalue weighted by molar-refractivity contribution is 9.10. The number of aliphatic hydroxyl groups excluding tert-OH is 1. The Hall–Kier alpha value is -2.75. The van der Waals surface area contributed by atoms with Crippen LogP contribution in [-0.2, 0) is 4.79 Å². The van der Waals surface area contributed by atoms with Crippen LogP contribution in [0.1, 0.15) is 6.42 Å². The molecule has 0 radical (unpaired) electrons. The third kappa shape index (κ3) is 4.69. The van der Waals surface area contributed by atoms with Gasteiger partial charge in [0.15, 0.2) is 5.13 Å². The van der Waals surface area contributed by atoms with Gasteiger partial charge in [0.25, 0.3) is 0 Å². The third-order valence-corrected chi connectivity index (χ3v) is 5.93. The minimum atomic E-state index is -0.837. The molecule has 154 valence electrons. The Morgan fingerprint density at radius 1 is 1.17 bits per heavy atom. The highest BCUT2D eigenvalue weighted by atomic mass is 79.9. The number of hydrogen-bond donors (Lipinski definition) is 2. The normalized spacial score (nSPS) is 18.3. The van der Waals surface area contributed by atoms with Crippen LogP contribution in [0.5, 0.6) is 5.75 Å². The number of hydrogen-bond acceptors (Lipinski definition) is 6. The zero-order valence-corrected chi connectivity index (χ0v) is 18.1. The maximum atomic E-state index is 12.8. The number of aromatic nitrogens is 1. The SMILES string of the molecule is O=C(Nc1nc(-c2ccc(Br)cc2)cs1)[C@@H]1C[C@@H](O)CN1C(=O)Oc1ccccc1. The summed E-state index contributed by atoms with van der Waals surface area (Å²) in [6.45, 7) is 0.0335. The van der Waals surface area contributed by atoms with Crippen molar-refractivity contribution in [3.8, 4) is 17.0 Å². The zero-order chi connectivity index (χ0) is 21.1. The first kappa shape index (κ1) is 20.5. The zero-order valence-electron chi connectivity index (χ0n) is 15.7. The molecular weight excluding hydrogens is 470 g/mol.